The summed E-state index contributed by atoms with van der Waals surface area (Å²) in [6, 6.07) is 25.2. The third-order valence-corrected chi connectivity index (χ3v) is 6.31. The second-order valence-electron chi connectivity index (χ2n) is 8.96. The third-order valence-electron chi connectivity index (χ3n) is 6.31. The zero-order valence-corrected chi connectivity index (χ0v) is 22.2. The lowest BCUT2D eigenvalue weighted by Gasteiger charge is -2.28. The number of nitrogens with one attached hydrogen (secondary N) is 1. The van der Waals surface area contributed by atoms with Crippen LogP contribution in [0.4, 0.5) is 10.5 Å². The molecule has 1 N–H and O–H groups in total. The molecule has 0 spiro atoms. The predicted octanol–water partition coefficient (Wildman–Crippen LogP) is 5.88. The summed E-state index contributed by atoms with van der Waals surface area (Å²) in [6.07, 6.45) is 1.43. The summed E-state index contributed by atoms with van der Waals surface area (Å²) in [5.41, 5.74) is 1.45. The van der Waals surface area contributed by atoms with Gasteiger partial charge < -0.3 is 14.2 Å². The Balaban J connectivity index is 1.45. The highest BCUT2D eigenvalue weighted by Gasteiger charge is 2.38. The lowest BCUT2D eigenvalue weighted by molar-refractivity contribution is -0.122. The molecule has 5 rings (SSSR count). The van der Waals surface area contributed by atoms with Crippen molar-refractivity contribution < 1.29 is 28.6 Å². The number of carbonyl (C=O) groups is 3. The van der Waals surface area contributed by atoms with Crippen LogP contribution in [0.1, 0.15) is 25.0 Å². The lowest BCUT2D eigenvalue weighted by atomic mass is 10.1. The van der Waals surface area contributed by atoms with Crippen molar-refractivity contribution in [2.24, 2.45) is 0 Å². The second-order valence-corrected chi connectivity index (χ2v) is 8.96. The predicted molar refractivity (Wildman–Crippen MR) is 153 cm³/mol. The minimum absolute atomic E-state index is 0.175. The highest BCUT2D eigenvalue weighted by Crippen LogP contribution is 2.35. The average Bonchev–Trinajstić information content (AvgIpc) is 2.96. The summed E-state index contributed by atoms with van der Waals surface area (Å²) in [4.78, 5) is 40.2. The minimum Gasteiger partial charge on any atom is -0.494 e. The van der Waals surface area contributed by atoms with Crippen LogP contribution in [0.5, 0.6) is 17.2 Å². The summed E-state index contributed by atoms with van der Waals surface area (Å²) >= 11 is 0. The number of urea groups is 1. The number of anilines is 1. The smallest absolute Gasteiger partial charge is 0.336 e. The third kappa shape index (κ3) is 5.51. The van der Waals surface area contributed by atoms with Crippen LogP contribution in [0.15, 0.2) is 90.5 Å². The standard InChI is InChI=1S/C32H28N2O6/c1-3-38-25-15-16-29(39-4-2)27(19-25)34-31(36)26(30(35)33-32(34)37)18-24-11-7-8-12-28(24)40-20-21-13-14-22-9-5-6-10-23(22)17-21/h5-19H,3-4,20H2,1-2H3,(H,33,35,37)/b26-18+. The molecule has 0 aromatic heterocycles. The summed E-state index contributed by atoms with van der Waals surface area (Å²) in [7, 11) is 0. The van der Waals surface area contributed by atoms with Gasteiger partial charge in [-0.15, -0.1) is 0 Å². The SMILES string of the molecule is CCOc1ccc(OCC)c(N2C(=O)NC(=O)/C(=C\c3ccccc3OCc3ccc4ccccc4c3)C2=O)c1. The molecule has 40 heavy (non-hydrogen) atoms. The molecule has 1 heterocycles. The largest absolute Gasteiger partial charge is 0.494 e. The van der Waals surface area contributed by atoms with Gasteiger partial charge in [0.25, 0.3) is 11.8 Å². The molecule has 8 nitrogen and oxygen atoms in total. The van der Waals surface area contributed by atoms with Crippen molar-refractivity contribution in [1.82, 2.24) is 5.32 Å². The van der Waals surface area contributed by atoms with Crippen molar-refractivity contribution in [3.63, 3.8) is 0 Å². The second kappa shape index (κ2) is 11.7. The molecule has 4 amide bonds. The van der Waals surface area contributed by atoms with E-state index < -0.39 is 17.8 Å². The van der Waals surface area contributed by atoms with Crippen molar-refractivity contribution >= 4 is 40.4 Å². The summed E-state index contributed by atoms with van der Waals surface area (Å²) in [6.45, 7) is 4.62. The number of imide groups is 2. The monoisotopic (exact) mass is 536 g/mol. The number of para-hydroxylation sites is 1. The van der Waals surface area contributed by atoms with Gasteiger partial charge in [0.1, 0.15) is 29.4 Å². The first kappa shape index (κ1) is 26.5. The molecule has 0 radical (unpaired) electrons. The molecular formula is C32H28N2O6. The number of nitrogens with zero attached hydrogens (tertiary/aromatic N) is 1. The lowest BCUT2D eigenvalue weighted by Crippen LogP contribution is -2.54. The van der Waals surface area contributed by atoms with Crippen LogP contribution >= 0.6 is 0 Å². The number of hydrogen-bond donors (Lipinski definition) is 1. The summed E-state index contributed by atoms with van der Waals surface area (Å²) in [5.74, 6) is -0.332. The van der Waals surface area contributed by atoms with E-state index in [0.29, 0.717) is 36.0 Å². The van der Waals surface area contributed by atoms with Crippen molar-refractivity contribution in [3.05, 3.63) is 102 Å². The van der Waals surface area contributed by atoms with Gasteiger partial charge in [-0.05, 0) is 60.5 Å². The van der Waals surface area contributed by atoms with Crippen molar-refractivity contribution in [2.45, 2.75) is 20.5 Å². The van der Waals surface area contributed by atoms with Gasteiger partial charge in [-0.2, -0.15) is 0 Å². The van der Waals surface area contributed by atoms with Crippen LogP contribution in [-0.4, -0.2) is 31.1 Å². The minimum atomic E-state index is -0.873. The maximum atomic E-state index is 13.6. The number of ether oxygens (including phenoxy) is 3. The molecule has 1 saturated heterocycles. The summed E-state index contributed by atoms with van der Waals surface area (Å²) < 4.78 is 17.3. The topological polar surface area (TPSA) is 94.2 Å². The van der Waals surface area contributed by atoms with E-state index in [0.717, 1.165) is 21.2 Å². The van der Waals surface area contributed by atoms with Crippen molar-refractivity contribution in [3.8, 4) is 17.2 Å². The number of amides is 4. The van der Waals surface area contributed by atoms with E-state index in [1.807, 2.05) is 49.4 Å². The molecule has 1 fully saturated rings. The Morgan fingerprint density at radius 2 is 1.50 bits per heavy atom. The summed E-state index contributed by atoms with van der Waals surface area (Å²) in [5, 5.41) is 4.51. The molecule has 0 bridgehead atoms. The first-order chi connectivity index (χ1) is 19.5. The van der Waals surface area contributed by atoms with E-state index >= 15 is 0 Å². The normalized spacial score (nSPS) is 14.4. The molecule has 1 aliphatic rings. The van der Waals surface area contributed by atoms with Gasteiger partial charge in [0.05, 0.1) is 18.9 Å². The van der Waals surface area contributed by atoms with E-state index in [2.05, 4.69) is 11.4 Å². The number of carbonyl (C=O) groups excluding carboxylic acids is 3. The van der Waals surface area contributed by atoms with Crippen LogP contribution < -0.4 is 24.4 Å². The molecule has 1 aliphatic heterocycles. The number of barbiturate groups is 1. The van der Waals surface area contributed by atoms with Crippen molar-refractivity contribution in [2.75, 3.05) is 18.1 Å². The van der Waals surface area contributed by atoms with Crippen LogP contribution in [0.25, 0.3) is 16.8 Å². The van der Waals surface area contributed by atoms with E-state index in [-0.39, 0.29) is 17.9 Å². The van der Waals surface area contributed by atoms with E-state index in [9.17, 15) is 14.4 Å². The van der Waals surface area contributed by atoms with Gasteiger partial charge in [-0.1, -0.05) is 54.6 Å². The molecule has 0 saturated carbocycles. The average molecular weight is 537 g/mol. The van der Waals surface area contributed by atoms with Crippen LogP contribution in [0.3, 0.4) is 0 Å². The molecule has 8 heteroatoms. The van der Waals surface area contributed by atoms with Gasteiger partial charge in [0.2, 0.25) is 0 Å². The Bertz CT molecular complexity index is 1630. The van der Waals surface area contributed by atoms with Gasteiger partial charge in [0, 0.05) is 11.6 Å². The van der Waals surface area contributed by atoms with Crippen LogP contribution in [0.2, 0.25) is 0 Å². The molecule has 0 atom stereocenters. The van der Waals surface area contributed by atoms with Gasteiger partial charge in [-0.25, -0.2) is 9.69 Å². The number of rotatable bonds is 9. The molecule has 4 aromatic rings. The molecular weight excluding hydrogens is 508 g/mol. The number of hydrogen-bond acceptors (Lipinski definition) is 6. The zero-order chi connectivity index (χ0) is 28.1. The van der Waals surface area contributed by atoms with E-state index in [4.69, 9.17) is 14.2 Å². The van der Waals surface area contributed by atoms with E-state index in [1.54, 1.807) is 43.3 Å². The van der Waals surface area contributed by atoms with Crippen LogP contribution in [-0.2, 0) is 16.2 Å². The first-order valence-electron chi connectivity index (χ1n) is 13.0. The van der Waals surface area contributed by atoms with Gasteiger partial charge >= 0.3 is 6.03 Å². The first-order valence-corrected chi connectivity index (χ1v) is 13.0. The highest BCUT2D eigenvalue weighted by atomic mass is 16.5. The van der Waals surface area contributed by atoms with Crippen LogP contribution in [0, 0.1) is 0 Å². The number of benzene rings is 4. The zero-order valence-electron chi connectivity index (χ0n) is 22.2. The molecule has 0 aliphatic carbocycles. The van der Waals surface area contributed by atoms with Gasteiger partial charge in [-0.3, -0.25) is 14.9 Å². The Morgan fingerprint density at radius 1 is 0.750 bits per heavy atom. The fraction of sp³-hybridized carbons (Fsp3) is 0.156. The number of fused-ring (bicyclic) bond motifs is 1. The Labute approximate surface area is 231 Å². The van der Waals surface area contributed by atoms with Gasteiger partial charge in [0.15, 0.2) is 0 Å². The molecule has 0 unspecified atom stereocenters. The van der Waals surface area contributed by atoms with E-state index in [1.165, 1.54) is 6.08 Å². The van der Waals surface area contributed by atoms with Crippen molar-refractivity contribution in [1.29, 1.82) is 0 Å². The highest BCUT2D eigenvalue weighted by molar-refractivity contribution is 6.39. The molecule has 4 aromatic carbocycles. The Morgan fingerprint density at radius 3 is 2.30 bits per heavy atom. The fourth-order valence-electron chi connectivity index (χ4n) is 4.46. The Hall–Kier alpha value is -5.11. The molecule has 202 valence electrons. The Kier molecular flexibility index (Phi) is 7.77. The maximum absolute atomic E-state index is 13.6. The quantitative estimate of drug-likeness (QED) is 0.212. The fourth-order valence-corrected chi connectivity index (χ4v) is 4.46. The maximum Gasteiger partial charge on any atom is 0.336 e.